The second kappa shape index (κ2) is 7.84. The molecular weight excluding hydrogens is 305 g/mol. The van der Waals surface area contributed by atoms with Crippen LogP contribution in [0.2, 0.25) is 10.0 Å². The molecule has 0 radical (unpaired) electrons. The zero-order chi connectivity index (χ0) is 15.1. The van der Waals surface area contributed by atoms with Gasteiger partial charge in [0, 0.05) is 11.6 Å². The van der Waals surface area contributed by atoms with Crippen LogP contribution < -0.4 is 11.1 Å². The highest BCUT2D eigenvalue weighted by Crippen LogP contribution is 2.25. The van der Waals surface area contributed by atoms with E-state index < -0.39 is 11.8 Å². The summed E-state index contributed by atoms with van der Waals surface area (Å²) in [5.41, 5.74) is 5.52. The van der Waals surface area contributed by atoms with Gasteiger partial charge in [-0.05, 0) is 31.2 Å². The van der Waals surface area contributed by atoms with Gasteiger partial charge >= 0.3 is 11.8 Å². The number of carbonyl (C=O) groups is 3. The molecule has 0 heterocycles. The van der Waals surface area contributed by atoms with E-state index in [1.165, 1.54) is 18.2 Å². The molecule has 6 nitrogen and oxygen atoms in total. The van der Waals surface area contributed by atoms with Gasteiger partial charge in [-0.15, -0.1) is 0 Å². The fourth-order valence-electron chi connectivity index (χ4n) is 1.36. The quantitative estimate of drug-likeness (QED) is 0.631. The van der Waals surface area contributed by atoms with Crippen LogP contribution in [0.3, 0.4) is 0 Å². The molecule has 0 aromatic heterocycles. The Bertz CT molecular complexity index is 523. The predicted molar refractivity (Wildman–Crippen MR) is 76.5 cm³/mol. The third kappa shape index (κ3) is 4.48. The molecule has 20 heavy (non-hydrogen) atoms. The Labute approximate surface area is 125 Å². The van der Waals surface area contributed by atoms with E-state index >= 15 is 0 Å². The van der Waals surface area contributed by atoms with Gasteiger partial charge < -0.3 is 11.1 Å². The fourth-order valence-corrected chi connectivity index (χ4v) is 1.82. The highest BCUT2D eigenvalue weighted by molar-refractivity contribution is 6.43. The minimum atomic E-state index is -0.973. The Kier molecular flexibility index (Phi) is 6.44. The standard InChI is InChI=1S/C12H13Cl2N3O3/c13-8-2-3-10(9(14)6-8)16-11(19)12(20)17(7-18)5-1-4-15/h2-3,6-7H,1,4-5,15H2,(H,16,19). The summed E-state index contributed by atoms with van der Waals surface area (Å²) in [4.78, 5) is 35.0. The highest BCUT2D eigenvalue weighted by Gasteiger charge is 2.21. The van der Waals surface area contributed by atoms with Crippen molar-refractivity contribution >= 4 is 47.1 Å². The summed E-state index contributed by atoms with van der Waals surface area (Å²) >= 11 is 11.6. The Morgan fingerprint density at radius 3 is 2.60 bits per heavy atom. The van der Waals surface area contributed by atoms with Crippen molar-refractivity contribution in [1.82, 2.24) is 4.90 Å². The smallest absolute Gasteiger partial charge is 0.318 e. The van der Waals surface area contributed by atoms with Crippen LogP contribution in [0.4, 0.5) is 5.69 Å². The zero-order valence-corrected chi connectivity index (χ0v) is 11.9. The van der Waals surface area contributed by atoms with Crippen LogP contribution >= 0.6 is 23.2 Å². The van der Waals surface area contributed by atoms with E-state index in [1.54, 1.807) is 0 Å². The van der Waals surface area contributed by atoms with Crippen LogP contribution in [-0.2, 0) is 14.4 Å². The minimum Gasteiger partial charge on any atom is -0.330 e. The number of hydrogen-bond donors (Lipinski definition) is 2. The van der Waals surface area contributed by atoms with Crippen LogP contribution in [0.1, 0.15) is 6.42 Å². The molecule has 1 rings (SSSR count). The van der Waals surface area contributed by atoms with Crippen LogP contribution in [0.15, 0.2) is 18.2 Å². The molecule has 0 saturated carbocycles. The van der Waals surface area contributed by atoms with Crippen molar-refractivity contribution in [3.8, 4) is 0 Å². The Morgan fingerprint density at radius 2 is 2.05 bits per heavy atom. The number of carbonyl (C=O) groups excluding carboxylic acids is 3. The predicted octanol–water partition coefficient (Wildman–Crippen LogP) is 1.27. The Morgan fingerprint density at radius 1 is 1.35 bits per heavy atom. The maximum absolute atomic E-state index is 11.7. The molecular formula is C12H13Cl2N3O3. The van der Waals surface area contributed by atoms with Gasteiger partial charge in [0.25, 0.3) is 0 Å². The summed E-state index contributed by atoms with van der Waals surface area (Å²) in [6, 6.07) is 4.40. The lowest BCUT2D eigenvalue weighted by Gasteiger charge is -2.14. The topological polar surface area (TPSA) is 92.5 Å². The first-order chi connectivity index (χ1) is 9.49. The van der Waals surface area contributed by atoms with Crippen LogP contribution in [0.25, 0.3) is 0 Å². The van der Waals surface area contributed by atoms with Gasteiger partial charge in [0.15, 0.2) is 0 Å². The summed E-state index contributed by atoms with van der Waals surface area (Å²) in [7, 11) is 0. The van der Waals surface area contributed by atoms with Gasteiger partial charge in [0.1, 0.15) is 0 Å². The maximum atomic E-state index is 11.7. The van der Waals surface area contributed by atoms with Crippen molar-refractivity contribution in [3.05, 3.63) is 28.2 Å². The van der Waals surface area contributed by atoms with Crippen molar-refractivity contribution in [1.29, 1.82) is 0 Å². The second-order valence-electron chi connectivity index (χ2n) is 3.82. The van der Waals surface area contributed by atoms with Crippen molar-refractivity contribution < 1.29 is 14.4 Å². The molecule has 3 N–H and O–H groups in total. The maximum Gasteiger partial charge on any atom is 0.318 e. The van der Waals surface area contributed by atoms with E-state index in [1.807, 2.05) is 0 Å². The number of benzene rings is 1. The summed E-state index contributed by atoms with van der Waals surface area (Å²) in [5, 5.41) is 2.91. The van der Waals surface area contributed by atoms with E-state index in [-0.39, 0.29) is 17.3 Å². The molecule has 0 aliphatic heterocycles. The minimum absolute atomic E-state index is 0.0839. The molecule has 0 fully saturated rings. The third-order valence-electron chi connectivity index (χ3n) is 2.36. The van der Waals surface area contributed by atoms with Gasteiger partial charge in [-0.3, -0.25) is 19.3 Å². The molecule has 0 aliphatic carbocycles. The summed E-state index contributed by atoms with van der Waals surface area (Å²) in [6.45, 7) is 0.392. The lowest BCUT2D eigenvalue weighted by Crippen LogP contribution is -2.39. The van der Waals surface area contributed by atoms with E-state index in [4.69, 9.17) is 28.9 Å². The SMILES string of the molecule is NCCCN(C=O)C(=O)C(=O)Nc1ccc(Cl)cc1Cl. The molecule has 0 bridgehead atoms. The highest BCUT2D eigenvalue weighted by atomic mass is 35.5. The Hall–Kier alpha value is -1.63. The van der Waals surface area contributed by atoms with E-state index in [0.717, 1.165) is 4.90 Å². The van der Waals surface area contributed by atoms with Gasteiger partial charge in [-0.2, -0.15) is 0 Å². The number of nitrogens with one attached hydrogen (secondary N) is 1. The molecule has 8 heteroatoms. The molecule has 1 aromatic rings. The largest absolute Gasteiger partial charge is 0.330 e. The number of halogens is 2. The molecule has 3 amide bonds. The summed E-state index contributed by atoms with van der Waals surface area (Å²) in [6.07, 6.45) is 0.709. The van der Waals surface area contributed by atoms with E-state index in [0.29, 0.717) is 24.4 Å². The average molecular weight is 318 g/mol. The number of nitrogens with zero attached hydrogens (tertiary/aromatic N) is 1. The van der Waals surface area contributed by atoms with Crippen molar-refractivity contribution in [2.45, 2.75) is 6.42 Å². The Balaban J connectivity index is 2.74. The number of rotatable bonds is 5. The number of amides is 3. The van der Waals surface area contributed by atoms with Crippen molar-refractivity contribution in [3.63, 3.8) is 0 Å². The number of anilines is 1. The lowest BCUT2D eigenvalue weighted by atomic mass is 10.3. The molecule has 0 saturated heterocycles. The number of nitrogens with two attached hydrogens (primary N) is 1. The van der Waals surface area contributed by atoms with Crippen molar-refractivity contribution in [2.24, 2.45) is 5.73 Å². The first-order valence-corrected chi connectivity index (χ1v) is 6.47. The monoisotopic (exact) mass is 317 g/mol. The van der Waals surface area contributed by atoms with Gasteiger partial charge in [-0.1, -0.05) is 23.2 Å². The van der Waals surface area contributed by atoms with Crippen LogP contribution in [0.5, 0.6) is 0 Å². The number of imide groups is 1. The lowest BCUT2D eigenvalue weighted by molar-refractivity contribution is -0.146. The number of hydrogen-bond acceptors (Lipinski definition) is 4. The van der Waals surface area contributed by atoms with Crippen molar-refractivity contribution in [2.75, 3.05) is 18.4 Å². The van der Waals surface area contributed by atoms with Crippen LogP contribution in [-0.4, -0.2) is 36.2 Å². The third-order valence-corrected chi connectivity index (χ3v) is 2.91. The van der Waals surface area contributed by atoms with E-state index in [9.17, 15) is 14.4 Å². The molecule has 0 spiro atoms. The summed E-state index contributed by atoms with van der Waals surface area (Å²) < 4.78 is 0. The molecule has 0 unspecified atom stereocenters. The average Bonchev–Trinajstić information content (AvgIpc) is 2.42. The molecule has 1 aromatic carbocycles. The zero-order valence-electron chi connectivity index (χ0n) is 10.4. The van der Waals surface area contributed by atoms with Gasteiger partial charge in [0.2, 0.25) is 6.41 Å². The first kappa shape index (κ1) is 16.4. The molecule has 108 valence electrons. The fraction of sp³-hybridized carbons (Fsp3) is 0.250. The van der Waals surface area contributed by atoms with Gasteiger partial charge in [-0.25, -0.2) is 0 Å². The first-order valence-electron chi connectivity index (χ1n) is 5.72. The van der Waals surface area contributed by atoms with Crippen LogP contribution in [0, 0.1) is 0 Å². The normalized spacial score (nSPS) is 9.95. The van der Waals surface area contributed by atoms with Gasteiger partial charge in [0.05, 0.1) is 10.7 Å². The second-order valence-corrected chi connectivity index (χ2v) is 4.67. The summed E-state index contributed by atoms with van der Waals surface area (Å²) in [5.74, 6) is -1.93. The molecule has 0 aliphatic rings. The van der Waals surface area contributed by atoms with E-state index in [2.05, 4.69) is 5.32 Å². The molecule has 0 atom stereocenters.